The summed E-state index contributed by atoms with van der Waals surface area (Å²) in [5.74, 6) is 0. The third-order valence-corrected chi connectivity index (χ3v) is 25.0. The zero-order chi connectivity index (χ0) is 26.2. The van der Waals surface area contributed by atoms with Gasteiger partial charge in [0.1, 0.15) is 0 Å². The van der Waals surface area contributed by atoms with Crippen LogP contribution in [0.15, 0.2) is 128 Å². The summed E-state index contributed by atoms with van der Waals surface area (Å²) in [7, 11) is 0. The molecule has 202 valence electrons. The normalized spacial score (nSPS) is 15.3. The van der Waals surface area contributed by atoms with Crippen molar-refractivity contribution in [2.24, 2.45) is 0 Å². The van der Waals surface area contributed by atoms with E-state index < -0.39 is 17.4 Å². The van der Waals surface area contributed by atoms with Gasteiger partial charge in [0.2, 0.25) is 0 Å². The van der Waals surface area contributed by atoms with E-state index in [-0.39, 0.29) is 24.8 Å². The fourth-order valence-corrected chi connectivity index (χ4v) is 20.0. The van der Waals surface area contributed by atoms with Gasteiger partial charge in [0.15, 0.2) is 0 Å². The average Bonchev–Trinajstić information content (AvgIpc) is 3.62. The van der Waals surface area contributed by atoms with Crippen molar-refractivity contribution in [2.75, 3.05) is 0 Å². The first kappa shape index (κ1) is 30.3. The topological polar surface area (TPSA) is 25.8 Å². The Morgan fingerprint density at radius 1 is 0.525 bits per heavy atom. The number of pyridine rings is 2. The molecule has 0 unspecified atom stereocenters. The molecule has 0 saturated carbocycles. The fourth-order valence-electron chi connectivity index (χ4n) is 6.24. The summed E-state index contributed by atoms with van der Waals surface area (Å²) in [5, 5.41) is 0. The second-order valence-electron chi connectivity index (χ2n) is 11.2. The van der Waals surface area contributed by atoms with Crippen LogP contribution < -0.4 is 0 Å². The molecule has 2 aromatic carbocycles. The third-order valence-electron chi connectivity index (χ3n) is 8.21. The standard InChI is InChI=1S/2C16H12N.2CH3.2ClH.H2Si.Zr/c2*1-2-5-13(6-3-1)15-7-4-8-16(15)14-9-11-17-12-10-14;;;;;;/h2*1-3,5-7,9-12H,4H2;2*1H3;2*1H;1H2;. The van der Waals surface area contributed by atoms with E-state index >= 15 is 0 Å². The molecule has 0 bridgehead atoms. The Balaban J connectivity index is 0.00000185. The molecule has 0 amide bonds. The molecule has 2 aliphatic carbocycles. The summed E-state index contributed by atoms with van der Waals surface area (Å²) in [5.41, 5.74) is 10.7. The summed E-state index contributed by atoms with van der Waals surface area (Å²) in [6, 6.07) is 30.5. The zero-order valence-corrected chi connectivity index (χ0v) is 28.4. The van der Waals surface area contributed by atoms with Crippen molar-refractivity contribution in [3.8, 4) is 0 Å². The summed E-state index contributed by atoms with van der Waals surface area (Å²) in [4.78, 5) is 8.69. The van der Waals surface area contributed by atoms with Gasteiger partial charge in [-0.2, -0.15) is 0 Å². The van der Waals surface area contributed by atoms with E-state index in [1.54, 1.807) is 6.56 Å². The first-order chi connectivity index (χ1) is 18.4. The fraction of sp³-hybridized carbons (Fsp3) is 0.118. The van der Waals surface area contributed by atoms with Gasteiger partial charge in [0, 0.05) is 0 Å². The minimum absolute atomic E-state index is 0. The molecule has 0 atom stereocenters. The molecule has 40 heavy (non-hydrogen) atoms. The Hall–Kier alpha value is -2.62. The van der Waals surface area contributed by atoms with Crippen molar-refractivity contribution in [1.29, 1.82) is 0 Å². The predicted molar refractivity (Wildman–Crippen MR) is 175 cm³/mol. The van der Waals surface area contributed by atoms with E-state index in [0.29, 0.717) is 0 Å². The predicted octanol–water partition coefficient (Wildman–Crippen LogP) is 8.75. The van der Waals surface area contributed by atoms with Gasteiger partial charge in [-0.3, -0.25) is 0 Å². The molecule has 2 aromatic heterocycles. The Labute approximate surface area is 252 Å². The second-order valence-corrected chi connectivity index (χ2v) is 40.0. The minimum atomic E-state index is -3.71. The van der Waals surface area contributed by atoms with Gasteiger partial charge >= 0.3 is 229 Å². The first-order valence-electron chi connectivity index (χ1n) is 13.3. The molecule has 0 N–H and O–H groups in total. The van der Waals surface area contributed by atoms with Gasteiger partial charge in [-0.15, -0.1) is 24.8 Å². The van der Waals surface area contributed by atoms with Crippen molar-refractivity contribution in [3.63, 3.8) is 0 Å². The third kappa shape index (κ3) is 5.48. The van der Waals surface area contributed by atoms with Gasteiger partial charge in [0.25, 0.3) is 0 Å². The van der Waals surface area contributed by atoms with Crippen molar-refractivity contribution in [2.45, 2.75) is 22.1 Å². The van der Waals surface area contributed by atoms with Crippen LogP contribution in [0.1, 0.15) is 35.1 Å². The molecule has 6 rings (SSSR count). The van der Waals surface area contributed by atoms with Gasteiger partial charge in [-0.05, 0) is 0 Å². The second kappa shape index (κ2) is 12.1. The van der Waals surface area contributed by atoms with Gasteiger partial charge in [0.05, 0.1) is 0 Å². The maximum atomic E-state index is 4.35. The van der Waals surface area contributed by atoms with Gasteiger partial charge in [-0.25, -0.2) is 0 Å². The number of halogens is 2. The van der Waals surface area contributed by atoms with Crippen LogP contribution in [-0.4, -0.2) is 16.8 Å². The molecule has 2 aliphatic rings. The van der Waals surface area contributed by atoms with Gasteiger partial charge in [-0.1, -0.05) is 0 Å². The maximum absolute atomic E-state index is 4.35. The van der Waals surface area contributed by atoms with Crippen LogP contribution in [0.5, 0.6) is 0 Å². The quantitative estimate of drug-likeness (QED) is 0.193. The molecule has 2 nitrogen and oxygen atoms in total. The van der Waals surface area contributed by atoms with Crippen LogP contribution in [0.3, 0.4) is 0 Å². The number of hydrogen-bond donors (Lipinski definition) is 0. The molecule has 0 radical (unpaired) electrons. The molecule has 4 aromatic rings. The average molecular weight is 661 g/mol. The van der Waals surface area contributed by atoms with Crippen molar-refractivity contribution in [1.82, 2.24) is 9.97 Å². The van der Waals surface area contributed by atoms with E-state index in [9.17, 15) is 0 Å². The van der Waals surface area contributed by atoms with Crippen LogP contribution in [0.4, 0.5) is 0 Å². The van der Waals surface area contributed by atoms with Crippen LogP contribution in [0, 0.1) is 0 Å². The number of nitrogens with zero attached hydrogens (tertiary/aromatic N) is 2. The Bertz CT molecular complexity index is 1580. The number of allylic oxidation sites excluding steroid dienone is 8. The molecule has 6 heteroatoms. The van der Waals surface area contributed by atoms with Gasteiger partial charge < -0.3 is 0 Å². The van der Waals surface area contributed by atoms with Crippen molar-refractivity contribution >= 4 is 54.0 Å². The number of benzene rings is 2. The SMILES string of the molecule is Cl.Cl.[CH3][Zr]([CH3])(=[SiH2])([C]1=C(c2ccncc2)C(c2ccccc2)=CC1)[C]1=C(c2ccncc2)C(c2ccccc2)=CC1. The summed E-state index contributed by atoms with van der Waals surface area (Å²) in [6.45, 7) is 2.34. The molecular weight excluding hydrogens is 627 g/mol. The van der Waals surface area contributed by atoms with Crippen molar-refractivity contribution < 1.29 is 17.4 Å². The van der Waals surface area contributed by atoms with Crippen LogP contribution >= 0.6 is 24.8 Å². The van der Waals surface area contributed by atoms with E-state index in [0.717, 1.165) is 12.8 Å². The molecule has 2 heterocycles. The van der Waals surface area contributed by atoms with Crippen molar-refractivity contribution in [3.05, 3.63) is 151 Å². The first-order valence-corrected chi connectivity index (χ1v) is 26.6. The summed E-state index contributed by atoms with van der Waals surface area (Å²) >= 11 is -3.71. The Morgan fingerprint density at radius 3 is 1.23 bits per heavy atom. The number of rotatable bonds is 6. The number of aromatic nitrogens is 2. The molecule has 0 spiro atoms. The van der Waals surface area contributed by atoms with E-state index in [2.05, 4.69) is 123 Å². The summed E-state index contributed by atoms with van der Waals surface area (Å²) in [6.07, 6.45) is 14.7. The monoisotopic (exact) mass is 658 g/mol. The van der Waals surface area contributed by atoms with Crippen LogP contribution in [-0.2, 0) is 17.4 Å². The Kier molecular flexibility index (Phi) is 9.17. The van der Waals surface area contributed by atoms with E-state index in [1.165, 1.54) is 44.5 Å². The number of hydrogen-bond acceptors (Lipinski definition) is 2. The molecule has 0 saturated heterocycles. The molecule has 0 aliphatic heterocycles. The van der Waals surface area contributed by atoms with E-state index in [1.807, 2.05) is 24.8 Å². The van der Waals surface area contributed by atoms with E-state index in [4.69, 9.17) is 0 Å². The Morgan fingerprint density at radius 2 is 0.875 bits per heavy atom. The molecular formula is C34H34Cl2N2SiZr. The summed E-state index contributed by atoms with van der Waals surface area (Å²) < 4.78 is 8.63. The van der Waals surface area contributed by atoms with Crippen LogP contribution in [0.25, 0.3) is 22.3 Å². The zero-order valence-electron chi connectivity index (χ0n) is 22.9. The van der Waals surface area contributed by atoms with Crippen LogP contribution in [0.2, 0.25) is 9.26 Å². The molecule has 0 fully saturated rings.